The Kier molecular flexibility index (Phi) is 10.2. The van der Waals surface area contributed by atoms with Gasteiger partial charge in [0.2, 0.25) is 11.8 Å². The van der Waals surface area contributed by atoms with Crippen molar-refractivity contribution in [2.75, 3.05) is 16.3 Å². The van der Waals surface area contributed by atoms with E-state index in [0.29, 0.717) is 25.3 Å². The van der Waals surface area contributed by atoms with Gasteiger partial charge in [-0.25, -0.2) is 0 Å². The number of nitrogens with two attached hydrogens (primary N) is 1. The number of rotatable bonds is 13. The van der Waals surface area contributed by atoms with Gasteiger partial charge in [-0.3, -0.25) is 14.4 Å². The molecule has 1 heterocycles. The summed E-state index contributed by atoms with van der Waals surface area (Å²) in [5.74, 6) is -1.61. The quantitative estimate of drug-likeness (QED) is 0.158. The zero-order valence-corrected chi connectivity index (χ0v) is 28.0. The van der Waals surface area contributed by atoms with Crippen molar-refractivity contribution in [2.24, 2.45) is 23.5 Å². The number of carbonyl (C=O) groups excluding carboxylic acids is 3. The van der Waals surface area contributed by atoms with Crippen LogP contribution in [0.2, 0.25) is 0 Å². The van der Waals surface area contributed by atoms with Crippen LogP contribution in [0.15, 0.2) is 103 Å². The number of amides is 3. The van der Waals surface area contributed by atoms with E-state index in [-0.39, 0.29) is 18.4 Å². The molecular weight excluding hydrogens is 596 g/mol. The average Bonchev–Trinajstić information content (AvgIpc) is 3.94. The summed E-state index contributed by atoms with van der Waals surface area (Å²) in [6.07, 6.45) is 5.02. The topological polar surface area (TPSA) is 95.7 Å². The predicted molar refractivity (Wildman–Crippen MR) is 193 cm³/mol. The van der Waals surface area contributed by atoms with E-state index in [2.05, 4.69) is 60.5 Å². The molecule has 0 bridgehead atoms. The number of fused-ring (bicyclic) bond motifs is 1. The predicted octanol–water partition coefficient (Wildman–Crippen LogP) is 7.54. The Balaban J connectivity index is 1.36. The molecule has 1 aliphatic carbocycles. The fourth-order valence-corrected chi connectivity index (χ4v) is 6.90. The van der Waals surface area contributed by atoms with Crippen LogP contribution in [0.5, 0.6) is 0 Å². The molecular formula is C41H46N4O3. The molecule has 48 heavy (non-hydrogen) atoms. The lowest BCUT2D eigenvalue weighted by Crippen LogP contribution is -2.54. The summed E-state index contributed by atoms with van der Waals surface area (Å²) in [5, 5.41) is 3.17. The monoisotopic (exact) mass is 642 g/mol. The normalized spacial score (nSPS) is 17.3. The van der Waals surface area contributed by atoms with Crippen LogP contribution in [0.4, 0.5) is 17.1 Å². The van der Waals surface area contributed by atoms with E-state index in [1.165, 1.54) is 5.56 Å². The molecule has 3 amide bonds. The third-order valence-electron chi connectivity index (χ3n) is 9.77. The molecule has 1 aliphatic heterocycles. The van der Waals surface area contributed by atoms with Crippen LogP contribution < -0.4 is 20.9 Å². The second kappa shape index (κ2) is 14.9. The zero-order valence-electron chi connectivity index (χ0n) is 28.0. The van der Waals surface area contributed by atoms with E-state index in [4.69, 9.17) is 5.73 Å². The number of carbonyl (C=O) groups is 3. The van der Waals surface area contributed by atoms with Gasteiger partial charge < -0.3 is 20.9 Å². The highest BCUT2D eigenvalue weighted by molar-refractivity contribution is 6.04. The van der Waals surface area contributed by atoms with Crippen LogP contribution in [0, 0.1) is 24.7 Å². The summed E-state index contributed by atoms with van der Waals surface area (Å²) >= 11 is 0. The minimum absolute atomic E-state index is 0.190. The van der Waals surface area contributed by atoms with Gasteiger partial charge in [0.25, 0.3) is 5.91 Å². The van der Waals surface area contributed by atoms with Crippen LogP contribution in [0.25, 0.3) is 11.1 Å². The van der Waals surface area contributed by atoms with Gasteiger partial charge in [-0.2, -0.15) is 0 Å². The van der Waals surface area contributed by atoms with Gasteiger partial charge >= 0.3 is 0 Å². The molecule has 4 aromatic rings. The molecule has 6 rings (SSSR count). The van der Waals surface area contributed by atoms with Crippen molar-refractivity contribution in [2.45, 2.75) is 65.0 Å². The largest absolute Gasteiger partial charge is 0.369 e. The lowest BCUT2D eigenvalue weighted by molar-refractivity contribution is -0.135. The summed E-state index contributed by atoms with van der Waals surface area (Å²) in [6.45, 7) is 4.72. The van der Waals surface area contributed by atoms with Crippen molar-refractivity contribution in [3.8, 4) is 11.1 Å². The molecule has 0 saturated heterocycles. The molecule has 7 heteroatoms. The number of aryl methyl sites for hydroxylation is 1. The minimum Gasteiger partial charge on any atom is -0.369 e. The van der Waals surface area contributed by atoms with Crippen molar-refractivity contribution in [3.63, 3.8) is 0 Å². The van der Waals surface area contributed by atoms with Gasteiger partial charge in [-0.1, -0.05) is 111 Å². The molecule has 3 N–H and O–H groups in total. The van der Waals surface area contributed by atoms with Crippen molar-refractivity contribution >= 4 is 34.8 Å². The molecule has 4 aromatic carbocycles. The maximum absolute atomic E-state index is 14.7. The Morgan fingerprint density at radius 2 is 1.56 bits per heavy atom. The van der Waals surface area contributed by atoms with Crippen LogP contribution in [-0.4, -0.2) is 30.3 Å². The fourth-order valence-electron chi connectivity index (χ4n) is 6.90. The van der Waals surface area contributed by atoms with Gasteiger partial charge in [0.05, 0.1) is 24.5 Å². The number of anilines is 3. The first-order valence-corrected chi connectivity index (χ1v) is 17.3. The number of benzene rings is 4. The highest BCUT2D eigenvalue weighted by Crippen LogP contribution is 2.40. The summed E-state index contributed by atoms with van der Waals surface area (Å²) in [7, 11) is 0. The lowest BCUT2D eigenvalue weighted by atomic mass is 9.82. The van der Waals surface area contributed by atoms with Crippen molar-refractivity contribution in [1.29, 1.82) is 0 Å². The van der Waals surface area contributed by atoms with E-state index in [0.717, 1.165) is 59.4 Å². The Morgan fingerprint density at radius 1 is 0.854 bits per heavy atom. The molecule has 0 aromatic heterocycles. The third kappa shape index (κ3) is 7.62. The Morgan fingerprint density at radius 3 is 2.25 bits per heavy atom. The summed E-state index contributed by atoms with van der Waals surface area (Å²) in [4.78, 5) is 45.6. The SMILES string of the molecule is CCCC[C@H](C(N)=O)[C@@H](CC1CC1)C(=O)NC1CN(c2ccccc2)c2ccccc2N(Cc2cccc(-c3ccc(C)cc3)c2)C1=O. The first-order valence-electron chi connectivity index (χ1n) is 17.3. The Bertz CT molecular complexity index is 1730. The molecule has 2 aliphatic rings. The fraction of sp³-hybridized carbons (Fsp3) is 0.341. The van der Waals surface area contributed by atoms with Crippen LogP contribution in [0.1, 0.15) is 56.6 Å². The number of hydrogen-bond donors (Lipinski definition) is 2. The summed E-state index contributed by atoms with van der Waals surface area (Å²) in [6, 6.07) is 33.7. The maximum atomic E-state index is 14.7. The third-order valence-corrected chi connectivity index (χ3v) is 9.77. The second-order valence-corrected chi connectivity index (χ2v) is 13.4. The first kappa shape index (κ1) is 33.0. The first-order chi connectivity index (χ1) is 23.3. The molecule has 7 nitrogen and oxygen atoms in total. The second-order valence-electron chi connectivity index (χ2n) is 13.4. The number of unbranched alkanes of at least 4 members (excludes halogenated alkanes) is 1. The van der Waals surface area contributed by atoms with E-state index < -0.39 is 23.8 Å². The smallest absolute Gasteiger partial charge is 0.251 e. The van der Waals surface area contributed by atoms with Crippen LogP contribution >= 0.6 is 0 Å². The molecule has 1 fully saturated rings. The minimum atomic E-state index is -0.855. The molecule has 1 saturated carbocycles. The lowest BCUT2D eigenvalue weighted by Gasteiger charge is -2.29. The molecule has 248 valence electrons. The summed E-state index contributed by atoms with van der Waals surface area (Å²) in [5.41, 5.74) is 12.9. The highest BCUT2D eigenvalue weighted by atomic mass is 16.2. The van der Waals surface area contributed by atoms with E-state index in [9.17, 15) is 14.4 Å². The zero-order chi connectivity index (χ0) is 33.6. The Hall–Kier alpha value is -4.91. The van der Waals surface area contributed by atoms with Crippen LogP contribution in [-0.2, 0) is 20.9 Å². The van der Waals surface area contributed by atoms with Crippen molar-refractivity contribution in [1.82, 2.24) is 5.32 Å². The standard InChI is InChI=1S/C41H46N4O3/c1-3-4-15-34(39(42)46)35(25-29-20-21-29)40(47)43-36-27-44(33-13-6-5-7-14-33)37-16-8-9-17-38(37)45(41(36)48)26-30-11-10-12-32(24-30)31-22-18-28(2)19-23-31/h5-14,16-19,22-24,29,34-36H,3-4,15,20-21,25-27H2,1-2H3,(H2,42,46)(H,43,47)/t34-,35+,36?/m0/s1. The van der Waals surface area contributed by atoms with Gasteiger partial charge in [0, 0.05) is 17.5 Å². The average molecular weight is 643 g/mol. The number of primary amides is 1. The van der Waals surface area contributed by atoms with Gasteiger partial charge in [0.15, 0.2) is 0 Å². The molecule has 1 unspecified atom stereocenters. The van der Waals surface area contributed by atoms with E-state index >= 15 is 0 Å². The van der Waals surface area contributed by atoms with Crippen molar-refractivity contribution < 1.29 is 14.4 Å². The van der Waals surface area contributed by atoms with E-state index in [1.807, 2.05) is 66.7 Å². The maximum Gasteiger partial charge on any atom is 0.251 e. The van der Waals surface area contributed by atoms with Gasteiger partial charge in [-0.15, -0.1) is 0 Å². The van der Waals surface area contributed by atoms with Crippen LogP contribution in [0.3, 0.4) is 0 Å². The van der Waals surface area contributed by atoms with Crippen molar-refractivity contribution in [3.05, 3.63) is 114 Å². The van der Waals surface area contributed by atoms with Gasteiger partial charge in [-0.05, 0) is 72.7 Å². The number of nitrogens with one attached hydrogen (secondary N) is 1. The van der Waals surface area contributed by atoms with E-state index in [1.54, 1.807) is 4.90 Å². The van der Waals surface area contributed by atoms with Gasteiger partial charge in [0.1, 0.15) is 6.04 Å². The molecule has 0 spiro atoms. The molecule has 3 atom stereocenters. The number of hydrogen-bond acceptors (Lipinski definition) is 4. The number of para-hydroxylation sites is 3. The molecule has 0 radical (unpaired) electrons. The Labute approximate surface area is 284 Å². The summed E-state index contributed by atoms with van der Waals surface area (Å²) < 4.78 is 0. The highest BCUT2D eigenvalue weighted by Gasteiger charge is 2.40. The number of nitrogens with zero attached hydrogens (tertiary/aromatic N) is 2.